The first-order valence-corrected chi connectivity index (χ1v) is 6.84. The highest BCUT2D eigenvalue weighted by Gasteiger charge is 2.07. The molecule has 2 rings (SSSR count). The molecule has 0 saturated heterocycles. The molecule has 0 unspecified atom stereocenters. The van der Waals surface area contributed by atoms with Gasteiger partial charge in [-0.25, -0.2) is 4.98 Å². The maximum Gasteiger partial charge on any atom is 0.309 e. The summed E-state index contributed by atoms with van der Waals surface area (Å²) in [5, 5.41) is 11.8. The second-order valence-corrected chi connectivity index (χ2v) is 5.38. The van der Waals surface area contributed by atoms with Crippen LogP contribution in [0.2, 0.25) is 5.02 Å². The van der Waals surface area contributed by atoms with Gasteiger partial charge in [-0.15, -0.1) is 11.3 Å². The fourth-order valence-electron chi connectivity index (χ4n) is 1.57. The van der Waals surface area contributed by atoms with Crippen molar-refractivity contribution in [2.24, 2.45) is 0 Å². The molecule has 0 atom stereocenters. The Labute approximate surface area is 119 Å². The number of ether oxygens (including phenoxy) is 1. The average molecular weight is 298 g/mol. The predicted molar refractivity (Wildman–Crippen MR) is 74.0 cm³/mol. The Kier molecular flexibility index (Phi) is 4.39. The molecular formula is C13H12ClNO3S. The molecule has 0 fully saturated rings. The van der Waals surface area contributed by atoms with Crippen LogP contribution in [0.5, 0.6) is 5.75 Å². The van der Waals surface area contributed by atoms with Crippen LogP contribution in [0.3, 0.4) is 0 Å². The molecule has 0 bridgehead atoms. The number of thiazole rings is 1. The lowest BCUT2D eigenvalue weighted by atomic mass is 10.2. The van der Waals surface area contributed by atoms with Crippen LogP contribution in [0.1, 0.15) is 16.3 Å². The number of nitrogens with zero attached hydrogens (tertiary/aromatic N) is 1. The molecule has 1 N–H and O–H groups in total. The lowest BCUT2D eigenvalue weighted by molar-refractivity contribution is -0.136. The molecule has 1 aromatic carbocycles. The second-order valence-electron chi connectivity index (χ2n) is 4.00. The molecule has 0 amide bonds. The highest BCUT2D eigenvalue weighted by molar-refractivity contribution is 7.09. The van der Waals surface area contributed by atoms with Gasteiger partial charge >= 0.3 is 5.97 Å². The number of carbonyl (C=O) groups is 1. The van der Waals surface area contributed by atoms with E-state index in [1.807, 2.05) is 19.1 Å². The third-order valence-electron chi connectivity index (χ3n) is 2.42. The Hall–Kier alpha value is -1.59. The normalized spacial score (nSPS) is 10.4. The number of carboxylic acid groups (broad SMARTS) is 1. The van der Waals surface area contributed by atoms with Crippen molar-refractivity contribution in [2.45, 2.75) is 20.0 Å². The van der Waals surface area contributed by atoms with Crippen molar-refractivity contribution >= 4 is 28.9 Å². The quantitative estimate of drug-likeness (QED) is 0.920. The summed E-state index contributed by atoms with van der Waals surface area (Å²) in [6, 6.07) is 5.40. The van der Waals surface area contributed by atoms with E-state index in [-0.39, 0.29) is 6.42 Å². The highest BCUT2D eigenvalue weighted by atomic mass is 35.5. The number of carboxylic acids is 1. The van der Waals surface area contributed by atoms with Gasteiger partial charge in [0.2, 0.25) is 0 Å². The highest BCUT2D eigenvalue weighted by Crippen LogP contribution is 2.23. The number of hydrogen-bond acceptors (Lipinski definition) is 4. The monoisotopic (exact) mass is 297 g/mol. The van der Waals surface area contributed by atoms with Gasteiger partial charge in [0.05, 0.1) is 12.1 Å². The topological polar surface area (TPSA) is 59.4 Å². The number of aryl methyl sites for hydroxylation is 1. The maximum atomic E-state index is 10.6. The smallest absolute Gasteiger partial charge is 0.309 e. The summed E-state index contributed by atoms with van der Waals surface area (Å²) in [7, 11) is 0. The van der Waals surface area contributed by atoms with Gasteiger partial charge in [0.1, 0.15) is 17.4 Å². The molecule has 19 heavy (non-hydrogen) atoms. The Bertz CT molecular complexity index is 597. The van der Waals surface area contributed by atoms with Gasteiger partial charge in [-0.2, -0.15) is 0 Å². The first-order valence-electron chi connectivity index (χ1n) is 5.58. The Morgan fingerprint density at radius 1 is 1.53 bits per heavy atom. The number of aliphatic carboxylic acids is 1. The van der Waals surface area contributed by atoms with Gasteiger partial charge in [0.15, 0.2) is 0 Å². The predicted octanol–water partition coefficient (Wildman–Crippen LogP) is 3.31. The van der Waals surface area contributed by atoms with Gasteiger partial charge < -0.3 is 9.84 Å². The van der Waals surface area contributed by atoms with E-state index in [0.29, 0.717) is 17.3 Å². The molecule has 2 aromatic rings. The third-order valence-corrected chi connectivity index (χ3v) is 3.53. The van der Waals surface area contributed by atoms with Gasteiger partial charge in [-0.05, 0) is 30.7 Å². The van der Waals surface area contributed by atoms with Crippen LogP contribution in [0, 0.1) is 6.92 Å². The van der Waals surface area contributed by atoms with Crippen LogP contribution in [0.25, 0.3) is 0 Å². The SMILES string of the molecule is Cc1cc(Cl)ccc1OCc1nc(CC(=O)O)cs1. The second kappa shape index (κ2) is 6.04. The van der Waals surface area contributed by atoms with Gasteiger partial charge in [0, 0.05) is 10.4 Å². The van der Waals surface area contributed by atoms with E-state index in [2.05, 4.69) is 4.98 Å². The Morgan fingerprint density at radius 3 is 3.00 bits per heavy atom. The molecule has 4 nitrogen and oxygen atoms in total. The molecule has 0 aliphatic rings. The van der Waals surface area contributed by atoms with E-state index in [1.165, 1.54) is 11.3 Å². The molecule has 0 aliphatic heterocycles. The molecular weight excluding hydrogens is 286 g/mol. The number of rotatable bonds is 5. The zero-order valence-electron chi connectivity index (χ0n) is 10.2. The summed E-state index contributed by atoms with van der Waals surface area (Å²) in [6.07, 6.45) is -0.0591. The van der Waals surface area contributed by atoms with Gasteiger partial charge in [0.25, 0.3) is 0 Å². The van der Waals surface area contributed by atoms with E-state index in [4.69, 9.17) is 21.4 Å². The van der Waals surface area contributed by atoms with Crippen LogP contribution in [-0.4, -0.2) is 16.1 Å². The number of halogens is 1. The summed E-state index contributed by atoms with van der Waals surface area (Å²) >= 11 is 7.26. The molecule has 1 aromatic heterocycles. The summed E-state index contributed by atoms with van der Waals surface area (Å²) in [4.78, 5) is 14.8. The standard InChI is InChI=1S/C13H12ClNO3S/c1-8-4-9(14)2-3-11(8)18-6-12-15-10(7-19-12)5-13(16)17/h2-4,7H,5-6H2,1H3,(H,16,17). The van der Waals surface area contributed by atoms with Crippen molar-refractivity contribution in [3.63, 3.8) is 0 Å². The van der Waals surface area contributed by atoms with E-state index >= 15 is 0 Å². The lowest BCUT2D eigenvalue weighted by Gasteiger charge is -2.07. The summed E-state index contributed by atoms with van der Waals surface area (Å²) < 4.78 is 5.64. The van der Waals surface area contributed by atoms with Crippen LogP contribution >= 0.6 is 22.9 Å². The minimum absolute atomic E-state index is 0.0591. The van der Waals surface area contributed by atoms with Crippen LogP contribution in [0.15, 0.2) is 23.6 Å². The van der Waals surface area contributed by atoms with Gasteiger partial charge in [-0.1, -0.05) is 11.6 Å². The van der Waals surface area contributed by atoms with Crippen molar-refractivity contribution in [2.75, 3.05) is 0 Å². The Morgan fingerprint density at radius 2 is 2.32 bits per heavy atom. The first kappa shape index (κ1) is 13.8. The maximum absolute atomic E-state index is 10.6. The van der Waals surface area contributed by atoms with E-state index in [0.717, 1.165) is 16.3 Å². The molecule has 0 aliphatic carbocycles. The summed E-state index contributed by atoms with van der Waals surface area (Å²) in [5.74, 6) is -0.134. The molecule has 6 heteroatoms. The zero-order chi connectivity index (χ0) is 13.8. The van der Waals surface area contributed by atoms with Crippen molar-refractivity contribution < 1.29 is 14.6 Å². The summed E-state index contributed by atoms with van der Waals surface area (Å²) in [5.41, 5.74) is 1.51. The zero-order valence-corrected chi connectivity index (χ0v) is 11.8. The van der Waals surface area contributed by atoms with E-state index in [1.54, 1.807) is 11.4 Å². The van der Waals surface area contributed by atoms with E-state index in [9.17, 15) is 4.79 Å². The van der Waals surface area contributed by atoms with Gasteiger partial charge in [-0.3, -0.25) is 4.79 Å². The third kappa shape index (κ3) is 3.94. The minimum atomic E-state index is -0.883. The number of hydrogen-bond donors (Lipinski definition) is 1. The van der Waals surface area contributed by atoms with Crippen LogP contribution < -0.4 is 4.74 Å². The molecule has 1 heterocycles. The summed E-state index contributed by atoms with van der Waals surface area (Å²) in [6.45, 7) is 2.24. The first-order chi connectivity index (χ1) is 9.04. The largest absolute Gasteiger partial charge is 0.486 e. The van der Waals surface area contributed by atoms with Crippen LogP contribution in [0.4, 0.5) is 0 Å². The van der Waals surface area contributed by atoms with Crippen LogP contribution in [-0.2, 0) is 17.8 Å². The fourth-order valence-corrected chi connectivity index (χ4v) is 2.50. The number of aromatic nitrogens is 1. The molecule has 0 saturated carbocycles. The van der Waals surface area contributed by atoms with Crippen molar-refractivity contribution in [1.29, 1.82) is 0 Å². The lowest BCUT2D eigenvalue weighted by Crippen LogP contribution is -2.01. The van der Waals surface area contributed by atoms with Crippen molar-refractivity contribution in [1.82, 2.24) is 4.98 Å². The minimum Gasteiger partial charge on any atom is -0.486 e. The molecule has 100 valence electrons. The fraction of sp³-hybridized carbons (Fsp3) is 0.231. The Balaban J connectivity index is 1.98. The average Bonchev–Trinajstić information content (AvgIpc) is 2.74. The molecule has 0 spiro atoms. The van der Waals surface area contributed by atoms with Crippen molar-refractivity contribution in [3.8, 4) is 5.75 Å². The number of benzene rings is 1. The van der Waals surface area contributed by atoms with Crippen molar-refractivity contribution in [3.05, 3.63) is 44.9 Å². The van der Waals surface area contributed by atoms with E-state index < -0.39 is 5.97 Å². The molecule has 0 radical (unpaired) electrons.